The minimum Gasteiger partial charge on any atom is -0.355 e. The maximum absolute atomic E-state index is 11.3. The summed E-state index contributed by atoms with van der Waals surface area (Å²) in [5, 5.41) is 3.97. The Morgan fingerprint density at radius 3 is 2.67 bits per heavy atom. The van der Waals surface area contributed by atoms with Crippen molar-refractivity contribution in [2.24, 2.45) is 0 Å². The third kappa shape index (κ3) is 6.15. The highest BCUT2D eigenvalue weighted by molar-refractivity contribution is 9.09. The zero-order chi connectivity index (χ0) is 10.9. The largest absolute Gasteiger partial charge is 0.355 e. The van der Waals surface area contributed by atoms with Gasteiger partial charge in [-0.25, -0.2) is 0 Å². The number of unbranched alkanes of at least 4 members (excludes halogenated alkanes) is 1. The molecule has 1 rings (SSSR count). The van der Waals surface area contributed by atoms with Crippen LogP contribution >= 0.6 is 15.9 Å². The van der Waals surface area contributed by atoms with E-state index in [2.05, 4.69) is 26.1 Å². The number of carbonyl (C=O) groups excluding carboxylic acids is 1. The maximum atomic E-state index is 11.3. The van der Waals surface area contributed by atoms with Crippen LogP contribution in [0.25, 0.3) is 0 Å². The number of nitrogens with one attached hydrogen (secondary N) is 1. The SMILES string of the molecule is O=C(CCCCBr)NCCN1CCCC1. The van der Waals surface area contributed by atoms with Crippen molar-refractivity contribution in [3.05, 3.63) is 0 Å². The molecule has 0 bridgehead atoms. The van der Waals surface area contributed by atoms with Gasteiger partial charge in [0, 0.05) is 24.8 Å². The van der Waals surface area contributed by atoms with E-state index in [4.69, 9.17) is 0 Å². The van der Waals surface area contributed by atoms with Crippen LogP contribution in [0.2, 0.25) is 0 Å². The van der Waals surface area contributed by atoms with Crippen molar-refractivity contribution >= 4 is 21.8 Å². The Morgan fingerprint density at radius 2 is 2.00 bits per heavy atom. The van der Waals surface area contributed by atoms with Crippen LogP contribution in [0.3, 0.4) is 0 Å². The summed E-state index contributed by atoms with van der Waals surface area (Å²) < 4.78 is 0. The lowest BCUT2D eigenvalue weighted by atomic mass is 10.2. The normalized spacial score (nSPS) is 16.9. The van der Waals surface area contributed by atoms with Gasteiger partial charge in [0.15, 0.2) is 0 Å². The molecule has 0 aromatic carbocycles. The van der Waals surface area contributed by atoms with E-state index < -0.39 is 0 Å². The standard InChI is InChI=1S/C11H21BrN2O/c12-6-2-1-5-11(15)13-7-10-14-8-3-4-9-14/h1-10H2,(H,13,15). The van der Waals surface area contributed by atoms with Crippen molar-refractivity contribution < 1.29 is 4.79 Å². The molecule has 1 N–H and O–H groups in total. The molecule has 1 fully saturated rings. The summed E-state index contributed by atoms with van der Waals surface area (Å²) >= 11 is 3.36. The number of halogens is 1. The Morgan fingerprint density at radius 1 is 1.27 bits per heavy atom. The molecule has 1 saturated heterocycles. The molecule has 0 saturated carbocycles. The lowest BCUT2D eigenvalue weighted by molar-refractivity contribution is -0.121. The summed E-state index contributed by atoms with van der Waals surface area (Å²) in [6, 6.07) is 0. The second-order valence-electron chi connectivity index (χ2n) is 4.04. The Hall–Kier alpha value is -0.0900. The van der Waals surface area contributed by atoms with Crippen molar-refractivity contribution in [2.45, 2.75) is 32.1 Å². The highest BCUT2D eigenvalue weighted by Crippen LogP contribution is 2.05. The number of rotatable bonds is 7. The summed E-state index contributed by atoms with van der Waals surface area (Å²) in [5.41, 5.74) is 0. The molecular weight excluding hydrogens is 256 g/mol. The predicted molar refractivity (Wildman–Crippen MR) is 66.3 cm³/mol. The second-order valence-corrected chi connectivity index (χ2v) is 4.84. The van der Waals surface area contributed by atoms with E-state index in [0.717, 1.165) is 31.3 Å². The van der Waals surface area contributed by atoms with E-state index in [1.165, 1.54) is 25.9 Å². The minimum absolute atomic E-state index is 0.204. The molecular formula is C11H21BrN2O. The van der Waals surface area contributed by atoms with Crippen LogP contribution in [0.1, 0.15) is 32.1 Å². The Kier molecular flexibility index (Phi) is 7.01. The maximum Gasteiger partial charge on any atom is 0.220 e. The summed E-state index contributed by atoms with van der Waals surface area (Å²) in [4.78, 5) is 13.8. The summed E-state index contributed by atoms with van der Waals surface area (Å²) in [5.74, 6) is 0.204. The number of nitrogens with zero attached hydrogens (tertiary/aromatic N) is 1. The highest BCUT2D eigenvalue weighted by Gasteiger charge is 2.10. The van der Waals surface area contributed by atoms with Gasteiger partial charge in [-0.15, -0.1) is 0 Å². The van der Waals surface area contributed by atoms with Crippen LogP contribution in [0.15, 0.2) is 0 Å². The van der Waals surface area contributed by atoms with Gasteiger partial charge in [-0.05, 0) is 38.8 Å². The predicted octanol–water partition coefficient (Wildman–Crippen LogP) is 1.76. The number of amides is 1. The average Bonchev–Trinajstić information content (AvgIpc) is 2.71. The molecule has 88 valence electrons. The molecule has 1 aliphatic rings. The van der Waals surface area contributed by atoms with Crippen LogP contribution in [0, 0.1) is 0 Å². The number of hydrogen-bond donors (Lipinski definition) is 1. The first-order valence-corrected chi connectivity index (χ1v) is 7.00. The molecule has 0 aromatic rings. The number of alkyl halides is 1. The van der Waals surface area contributed by atoms with Crippen molar-refractivity contribution in [2.75, 3.05) is 31.5 Å². The zero-order valence-corrected chi connectivity index (χ0v) is 10.9. The van der Waals surface area contributed by atoms with E-state index in [9.17, 15) is 4.79 Å². The van der Waals surface area contributed by atoms with E-state index in [-0.39, 0.29) is 5.91 Å². The molecule has 0 spiro atoms. The Labute approximate surface area is 101 Å². The van der Waals surface area contributed by atoms with Crippen LogP contribution in [-0.4, -0.2) is 42.3 Å². The van der Waals surface area contributed by atoms with Crippen LogP contribution in [0.5, 0.6) is 0 Å². The molecule has 1 aliphatic heterocycles. The van der Waals surface area contributed by atoms with Crippen LogP contribution in [-0.2, 0) is 4.79 Å². The lowest BCUT2D eigenvalue weighted by Gasteiger charge is -2.14. The molecule has 0 unspecified atom stereocenters. The quantitative estimate of drug-likeness (QED) is 0.568. The van der Waals surface area contributed by atoms with Gasteiger partial charge < -0.3 is 10.2 Å². The smallest absolute Gasteiger partial charge is 0.220 e. The fourth-order valence-corrected chi connectivity index (χ4v) is 2.22. The molecule has 0 radical (unpaired) electrons. The topological polar surface area (TPSA) is 32.3 Å². The summed E-state index contributed by atoms with van der Waals surface area (Å²) in [6.45, 7) is 4.25. The van der Waals surface area contributed by atoms with Gasteiger partial charge >= 0.3 is 0 Å². The summed E-state index contributed by atoms with van der Waals surface area (Å²) in [6.07, 6.45) is 5.38. The lowest BCUT2D eigenvalue weighted by Crippen LogP contribution is -2.33. The van der Waals surface area contributed by atoms with Gasteiger partial charge in [0.2, 0.25) is 5.91 Å². The molecule has 15 heavy (non-hydrogen) atoms. The van der Waals surface area contributed by atoms with E-state index in [1.807, 2.05) is 0 Å². The van der Waals surface area contributed by atoms with Crippen molar-refractivity contribution in [3.8, 4) is 0 Å². The molecule has 1 amide bonds. The third-order valence-corrected chi connectivity index (χ3v) is 3.30. The number of likely N-dealkylation sites (tertiary alicyclic amines) is 1. The van der Waals surface area contributed by atoms with Crippen LogP contribution < -0.4 is 5.32 Å². The van der Waals surface area contributed by atoms with Crippen molar-refractivity contribution in [1.29, 1.82) is 0 Å². The van der Waals surface area contributed by atoms with Gasteiger partial charge in [0.1, 0.15) is 0 Å². The molecule has 0 atom stereocenters. The van der Waals surface area contributed by atoms with E-state index in [1.54, 1.807) is 0 Å². The average molecular weight is 277 g/mol. The molecule has 1 heterocycles. The minimum atomic E-state index is 0.204. The molecule has 3 nitrogen and oxygen atoms in total. The van der Waals surface area contributed by atoms with E-state index in [0.29, 0.717) is 6.42 Å². The first kappa shape index (κ1) is 13.0. The Balaban J connectivity index is 1.91. The van der Waals surface area contributed by atoms with Gasteiger partial charge in [-0.2, -0.15) is 0 Å². The second kappa shape index (κ2) is 8.11. The molecule has 4 heteroatoms. The molecule has 0 aliphatic carbocycles. The molecule has 0 aromatic heterocycles. The first-order chi connectivity index (χ1) is 7.33. The highest BCUT2D eigenvalue weighted by atomic mass is 79.9. The zero-order valence-electron chi connectivity index (χ0n) is 9.30. The van der Waals surface area contributed by atoms with E-state index >= 15 is 0 Å². The van der Waals surface area contributed by atoms with Crippen molar-refractivity contribution in [1.82, 2.24) is 10.2 Å². The van der Waals surface area contributed by atoms with Crippen molar-refractivity contribution in [3.63, 3.8) is 0 Å². The number of carbonyl (C=O) groups is 1. The monoisotopic (exact) mass is 276 g/mol. The number of hydrogen-bond acceptors (Lipinski definition) is 2. The fourth-order valence-electron chi connectivity index (χ4n) is 1.83. The van der Waals surface area contributed by atoms with Gasteiger partial charge in [0.05, 0.1) is 0 Å². The fraction of sp³-hybridized carbons (Fsp3) is 0.909. The third-order valence-electron chi connectivity index (χ3n) is 2.74. The van der Waals surface area contributed by atoms with Crippen LogP contribution in [0.4, 0.5) is 0 Å². The van der Waals surface area contributed by atoms with Gasteiger partial charge in [-0.1, -0.05) is 15.9 Å². The van der Waals surface area contributed by atoms with Gasteiger partial charge in [0.25, 0.3) is 0 Å². The Bertz CT molecular complexity index is 181. The summed E-state index contributed by atoms with van der Waals surface area (Å²) in [7, 11) is 0. The first-order valence-electron chi connectivity index (χ1n) is 5.88. The van der Waals surface area contributed by atoms with Gasteiger partial charge in [-0.3, -0.25) is 4.79 Å².